The zero-order valence-corrected chi connectivity index (χ0v) is 13.7. The Morgan fingerprint density at radius 2 is 1.92 bits per heavy atom. The summed E-state index contributed by atoms with van der Waals surface area (Å²) in [6.07, 6.45) is 1.78. The number of urea groups is 1. The van der Waals surface area contributed by atoms with Gasteiger partial charge in [-0.2, -0.15) is 0 Å². The van der Waals surface area contributed by atoms with Crippen LogP contribution in [0.5, 0.6) is 0 Å². The van der Waals surface area contributed by atoms with Gasteiger partial charge < -0.3 is 20.5 Å². The number of nitrogens with zero attached hydrogens (tertiary/aromatic N) is 2. The van der Waals surface area contributed by atoms with E-state index < -0.39 is 6.03 Å². The number of carbonyl (C=O) groups is 1. The highest BCUT2D eigenvalue weighted by Gasteiger charge is 2.32. The number of nitrogens with one attached hydrogen (secondary N) is 1. The number of aromatic nitrogens is 1. The van der Waals surface area contributed by atoms with Crippen molar-refractivity contribution in [3.05, 3.63) is 66.1 Å². The van der Waals surface area contributed by atoms with Crippen LogP contribution < -0.4 is 10.6 Å². The van der Waals surface area contributed by atoms with Crippen molar-refractivity contribution in [1.82, 2.24) is 9.88 Å². The summed E-state index contributed by atoms with van der Waals surface area (Å²) in [6.45, 7) is 1.75. The predicted molar refractivity (Wildman–Crippen MR) is 95.9 cm³/mol. The molecule has 1 atom stereocenters. The molecule has 0 aliphatic carbocycles. The van der Waals surface area contributed by atoms with Crippen molar-refractivity contribution in [2.24, 2.45) is 5.73 Å². The van der Waals surface area contributed by atoms with E-state index in [-0.39, 0.29) is 11.9 Å². The normalized spacial score (nSPS) is 17.9. The number of H-pyrrole nitrogens is 1. The van der Waals surface area contributed by atoms with Crippen LogP contribution in [0, 0.1) is 5.82 Å². The first-order chi connectivity index (χ1) is 12.1. The van der Waals surface area contributed by atoms with Crippen molar-refractivity contribution in [3.8, 4) is 0 Å². The molecule has 4 rings (SSSR count). The Bertz CT molecular complexity index is 908. The molecule has 0 spiro atoms. The van der Waals surface area contributed by atoms with E-state index in [1.54, 1.807) is 17.2 Å². The van der Waals surface area contributed by atoms with Gasteiger partial charge in [0, 0.05) is 48.0 Å². The van der Waals surface area contributed by atoms with E-state index in [2.05, 4.69) is 9.88 Å². The summed E-state index contributed by atoms with van der Waals surface area (Å²) < 4.78 is 14.4. The van der Waals surface area contributed by atoms with Crippen LogP contribution in [0.4, 0.5) is 14.9 Å². The summed E-state index contributed by atoms with van der Waals surface area (Å²) >= 11 is 0. The first-order valence-electron chi connectivity index (χ1n) is 8.26. The molecule has 1 aliphatic rings. The number of rotatable bonds is 2. The number of anilines is 1. The monoisotopic (exact) mass is 338 g/mol. The number of fused-ring (bicyclic) bond motifs is 1. The Labute approximate surface area is 144 Å². The number of primary amides is 1. The maximum Gasteiger partial charge on any atom is 0.315 e. The number of carbonyl (C=O) groups excluding carboxylic acids is 1. The Kier molecular flexibility index (Phi) is 3.80. The summed E-state index contributed by atoms with van der Waals surface area (Å²) in [4.78, 5) is 18.9. The van der Waals surface area contributed by atoms with Crippen LogP contribution in [0.1, 0.15) is 11.6 Å². The van der Waals surface area contributed by atoms with Crippen LogP contribution in [0.25, 0.3) is 10.9 Å². The molecule has 1 aliphatic heterocycles. The topological polar surface area (TPSA) is 65.4 Å². The second kappa shape index (κ2) is 6.12. The number of benzene rings is 2. The standard InChI is InChI=1S/C19H19FN4O/c20-15-7-4-8-16-18(15)14(11-22-16)17-12-23(9-10-24(17)19(21)25)13-5-2-1-3-6-13/h1-8,11,17,22H,9-10,12H2,(H2,21,25). The largest absolute Gasteiger partial charge is 0.367 e. The van der Waals surface area contributed by atoms with Crippen molar-refractivity contribution >= 4 is 22.6 Å². The number of hydrogen-bond acceptors (Lipinski definition) is 2. The Morgan fingerprint density at radius 3 is 2.68 bits per heavy atom. The molecule has 2 aromatic carbocycles. The number of para-hydroxylation sites is 1. The van der Waals surface area contributed by atoms with E-state index in [1.807, 2.05) is 36.4 Å². The van der Waals surface area contributed by atoms with E-state index in [0.29, 0.717) is 25.0 Å². The molecule has 128 valence electrons. The van der Waals surface area contributed by atoms with Crippen LogP contribution in [0.3, 0.4) is 0 Å². The molecule has 1 fully saturated rings. The average Bonchev–Trinajstić information content (AvgIpc) is 3.07. The lowest BCUT2D eigenvalue weighted by Gasteiger charge is -2.41. The summed E-state index contributed by atoms with van der Waals surface area (Å²) in [5, 5.41) is 0.522. The van der Waals surface area contributed by atoms with Crippen molar-refractivity contribution in [2.75, 3.05) is 24.5 Å². The van der Waals surface area contributed by atoms with Crippen molar-refractivity contribution in [1.29, 1.82) is 0 Å². The van der Waals surface area contributed by atoms with E-state index in [4.69, 9.17) is 5.73 Å². The zero-order chi connectivity index (χ0) is 17.4. The molecular weight excluding hydrogens is 319 g/mol. The van der Waals surface area contributed by atoms with Gasteiger partial charge in [0.1, 0.15) is 5.82 Å². The number of aromatic amines is 1. The van der Waals surface area contributed by atoms with Gasteiger partial charge >= 0.3 is 6.03 Å². The zero-order valence-electron chi connectivity index (χ0n) is 13.7. The first-order valence-corrected chi connectivity index (χ1v) is 8.26. The quantitative estimate of drug-likeness (QED) is 0.753. The van der Waals surface area contributed by atoms with Gasteiger partial charge in [-0.15, -0.1) is 0 Å². The van der Waals surface area contributed by atoms with Crippen LogP contribution in [-0.4, -0.2) is 35.5 Å². The molecule has 0 radical (unpaired) electrons. The lowest BCUT2D eigenvalue weighted by atomic mass is 10.0. The summed E-state index contributed by atoms with van der Waals surface area (Å²) in [6, 6.07) is 14.1. The van der Waals surface area contributed by atoms with Gasteiger partial charge in [-0.05, 0) is 24.3 Å². The fourth-order valence-electron chi connectivity index (χ4n) is 3.61. The molecule has 3 aromatic rings. The molecule has 1 aromatic heterocycles. The van der Waals surface area contributed by atoms with Gasteiger partial charge in [0.25, 0.3) is 0 Å². The van der Waals surface area contributed by atoms with E-state index in [0.717, 1.165) is 16.8 Å². The van der Waals surface area contributed by atoms with Crippen molar-refractivity contribution < 1.29 is 9.18 Å². The highest BCUT2D eigenvalue weighted by molar-refractivity contribution is 5.85. The second-order valence-corrected chi connectivity index (χ2v) is 6.24. The summed E-state index contributed by atoms with van der Waals surface area (Å²) in [7, 11) is 0. The van der Waals surface area contributed by atoms with E-state index in [9.17, 15) is 9.18 Å². The number of nitrogens with two attached hydrogens (primary N) is 1. The van der Waals surface area contributed by atoms with Crippen molar-refractivity contribution in [2.45, 2.75) is 6.04 Å². The second-order valence-electron chi connectivity index (χ2n) is 6.24. The predicted octanol–water partition coefficient (Wildman–Crippen LogP) is 3.25. The number of hydrogen-bond donors (Lipinski definition) is 2. The minimum Gasteiger partial charge on any atom is -0.367 e. The van der Waals surface area contributed by atoms with Gasteiger partial charge in [0.2, 0.25) is 0 Å². The molecule has 3 N–H and O–H groups in total. The Hall–Kier alpha value is -3.02. The summed E-state index contributed by atoms with van der Waals surface area (Å²) in [5.41, 5.74) is 8.15. The lowest BCUT2D eigenvalue weighted by molar-refractivity contribution is 0.175. The third kappa shape index (κ3) is 2.69. The molecular formula is C19H19FN4O. The number of piperazine rings is 1. The first kappa shape index (κ1) is 15.5. The fraction of sp³-hybridized carbons (Fsp3) is 0.211. The molecule has 2 amide bonds. The van der Waals surface area contributed by atoms with Crippen molar-refractivity contribution in [3.63, 3.8) is 0 Å². The average molecular weight is 338 g/mol. The van der Waals surface area contributed by atoms with E-state index >= 15 is 0 Å². The molecule has 0 bridgehead atoms. The maximum absolute atomic E-state index is 14.4. The van der Waals surface area contributed by atoms with Gasteiger partial charge in [-0.3, -0.25) is 0 Å². The fourth-order valence-corrected chi connectivity index (χ4v) is 3.61. The van der Waals surface area contributed by atoms with Gasteiger partial charge in [-0.25, -0.2) is 9.18 Å². The molecule has 0 saturated carbocycles. The van der Waals surface area contributed by atoms with Crippen LogP contribution in [0.2, 0.25) is 0 Å². The van der Waals surface area contributed by atoms with Gasteiger partial charge in [0.05, 0.1) is 6.04 Å². The third-order valence-electron chi connectivity index (χ3n) is 4.83. The lowest BCUT2D eigenvalue weighted by Crippen LogP contribution is -2.52. The molecule has 25 heavy (non-hydrogen) atoms. The van der Waals surface area contributed by atoms with Gasteiger partial charge in [-0.1, -0.05) is 24.3 Å². The summed E-state index contributed by atoms with van der Waals surface area (Å²) in [5.74, 6) is -0.296. The van der Waals surface area contributed by atoms with E-state index in [1.165, 1.54) is 6.07 Å². The van der Waals surface area contributed by atoms with Crippen LogP contribution in [-0.2, 0) is 0 Å². The minimum absolute atomic E-state index is 0.296. The Morgan fingerprint density at radius 1 is 1.12 bits per heavy atom. The molecule has 5 nitrogen and oxygen atoms in total. The minimum atomic E-state index is -0.483. The SMILES string of the molecule is NC(=O)N1CCN(c2ccccc2)CC1c1c[nH]c2cccc(F)c12. The molecule has 1 saturated heterocycles. The number of amides is 2. The Balaban J connectivity index is 1.76. The molecule has 2 heterocycles. The van der Waals surface area contributed by atoms with Crippen LogP contribution >= 0.6 is 0 Å². The highest BCUT2D eigenvalue weighted by Crippen LogP contribution is 2.33. The number of halogens is 1. The highest BCUT2D eigenvalue weighted by atomic mass is 19.1. The maximum atomic E-state index is 14.4. The third-order valence-corrected chi connectivity index (χ3v) is 4.83. The molecule has 1 unspecified atom stereocenters. The van der Waals surface area contributed by atoms with Gasteiger partial charge in [0.15, 0.2) is 0 Å². The smallest absolute Gasteiger partial charge is 0.315 e. The molecule has 6 heteroatoms. The van der Waals surface area contributed by atoms with Crippen LogP contribution in [0.15, 0.2) is 54.7 Å².